The Kier molecular flexibility index (Phi) is 5.91. The van der Waals surface area contributed by atoms with E-state index in [1.807, 2.05) is 6.92 Å². The van der Waals surface area contributed by atoms with E-state index in [-0.39, 0.29) is 11.9 Å². The van der Waals surface area contributed by atoms with Gasteiger partial charge in [-0.1, -0.05) is 13.3 Å². The number of amides is 1. The van der Waals surface area contributed by atoms with Crippen LogP contribution in [0.2, 0.25) is 0 Å². The largest absolute Gasteiger partial charge is 0.462 e. The highest BCUT2D eigenvalue weighted by Gasteiger charge is 2.15. The number of ether oxygens (including phenoxy) is 1. The zero-order valence-corrected chi connectivity index (χ0v) is 13.4. The average molecular weight is 315 g/mol. The van der Waals surface area contributed by atoms with Gasteiger partial charge in [-0.3, -0.25) is 9.48 Å². The molecule has 2 aromatic rings. The van der Waals surface area contributed by atoms with Crippen LogP contribution in [0.15, 0.2) is 42.7 Å². The fourth-order valence-electron chi connectivity index (χ4n) is 1.96. The van der Waals surface area contributed by atoms with Crippen LogP contribution >= 0.6 is 0 Å². The summed E-state index contributed by atoms with van der Waals surface area (Å²) in [6, 6.07) is 8.01. The Morgan fingerprint density at radius 3 is 2.65 bits per heavy atom. The van der Waals surface area contributed by atoms with Gasteiger partial charge in [0.05, 0.1) is 12.2 Å². The van der Waals surface area contributed by atoms with Crippen LogP contribution in [-0.4, -0.2) is 28.3 Å². The van der Waals surface area contributed by atoms with E-state index >= 15 is 0 Å². The normalized spacial score (nSPS) is 11.7. The molecule has 1 unspecified atom stereocenters. The van der Waals surface area contributed by atoms with E-state index < -0.39 is 6.04 Å². The molecular formula is C17H21N3O3. The molecule has 0 spiro atoms. The van der Waals surface area contributed by atoms with Gasteiger partial charge in [-0.15, -0.1) is 0 Å². The SMILES string of the molecule is CCCCOC(=O)c1ccc(NC(=O)C(C)n2cccn2)cc1. The van der Waals surface area contributed by atoms with Crippen LogP contribution in [0, 0.1) is 0 Å². The first-order chi connectivity index (χ1) is 11.1. The number of esters is 1. The van der Waals surface area contributed by atoms with Crippen molar-refractivity contribution >= 4 is 17.6 Å². The Balaban J connectivity index is 1.92. The lowest BCUT2D eigenvalue weighted by atomic mass is 10.2. The molecule has 23 heavy (non-hydrogen) atoms. The van der Waals surface area contributed by atoms with Crippen LogP contribution < -0.4 is 5.32 Å². The summed E-state index contributed by atoms with van der Waals surface area (Å²) in [6.45, 7) is 4.23. The third-order valence-electron chi connectivity index (χ3n) is 3.42. The van der Waals surface area contributed by atoms with Gasteiger partial charge in [0.2, 0.25) is 5.91 Å². The highest BCUT2D eigenvalue weighted by atomic mass is 16.5. The number of aromatic nitrogens is 2. The number of nitrogens with zero attached hydrogens (tertiary/aromatic N) is 2. The topological polar surface area (TPSA) is 73.2 Å². The summed E-state index contributed by atoms with van der Waals surface area (Å²) in [5.41, 5.74) is 1.10. The summed E-state index contributed by atoms with van der Waals surface area (Å²) in [7, 11) is 0. The molecule has 1 heterocycles. The van der Waals surface area contributed by atoms with Gasteiger partial charge in [-0.25, -0.2) is 4.79 Å². The minimum atomic E-state index is -0.413. The zero-order chi connectivity index (χ0) is 16.7. The quantitative estimate of drug-likeness (QED) is 0.629. The first-order valence-corrected chi connectivity index (χ1v) is 7.69. The maximum absolute atomic E-state index is 12.1. The second-order valence-corrected chi connectivity index (χ2v) is 5.22. The Morgan fingerprint density at radius 2 is 2.04 bits per heavy atom. The molecule has 6 nitrogen and oxygen atoms in total. The third kappa shape index (κ3) is 4.67. The lowest BCUT2D eigenvalue weighted by molar-refractivity contribution is -0.119. The molecule has 122 valence electrons. The molecule has 1 aromatic heterocycles. The second-order valence-electron chi connectivity index (χ2n) is 5.22. The highest BCUT2D eigenvalue weighted by molar-refractivity contribution is 5.94. The molecule has 0 fully saturated rings. The summed E-state index contributed by atoms with van der Waals surface area (Å²) < 4.78 is 6.72. The van der Waals surface area contributed by atoms with E-state index in [2.05, 4.69) is 10.4 Å². The Morgan fingerprint density at radius 1 is 1.30 bits per heavy atom. The Bertz CT molecular complexity index is 636. The number of hydrogen-bond donors (Lipinski definition) is 1. The van der Waals surface area contributed by atoms with E-state index in [1.165, 1.54) is 0 Å². The van der Waals surface area contributed by atoms with Crippen LogP contribution in [0.1, 0.15) is 43.1 Å². The molecule has 0 radical (unpaired) electrons. The number of benzene rings is 1. The maximum Gasteiger partial charge on any atom is 0.338 e. The molecule has 1 aromatic carbocycles. The number of unbranched alkanes of at least 4 members (excludes halogenated alkanes) is 1. The standard InChI is InChI=1S/C17H21N3O3/c1-3-4-12-23-17(22)14-6-8-15(9-7-14)19-16(21)13(2)20-11-5-10-18-20/h5-11,13H,3-4,12H2,1-2H3,(H,19,21). The lowest BCUT2D eigenvalue weighted by Crippen LogP contribution is -2.24. The number of rotatable bonds is 7. The molecule has 2 rings (SSSR count). The molecule has 0 aliphatic heterocycles. The molecule has 1 amide bonds. The lowest BCUT2D eigenvalue weighted by Gasteiger charge is -2.13. The number of nitrogens with one attached hydrogen (secondary N) is 1. The van der Waals surface area contributed by atoms with Crippen LogP contribution in [0.3, 0.4) is 0 Å². The van der Waals surface area contributed by atoms with Crippen LogP contribution in [0.4, 0.5) is 5.69 Å². The smallest absolute Gasteiger partial charge is 0.338 e. The number of carbonyl (C=O) groups is 2. The van der Waals surface area contributed by atoms with Gasteiger partial charge in [0.15, 0.2) is 0 Å². The van der Waals surface area contributed by atoms with Crippen molar-refractivity contribution in [3.05, 3.63) is 48.3 Å². The zero-order valence-electron chi connectivity index (χ0n) is 13.4. The van der Waals surface area contributed by atoms with Crippen molar-refractivity contribution < 1.29 is 14.3 Å². The molecule has 0 saturated heterocycles. The molecule has 0 bridgehead atoms. The monoisotopic (exact) mass is 315 g/mol. The van der Waals surface area contributed by atoms with E-state index in [1.54, 1.807) is 54.3 Å². The summed E-state index contributed by atoms with van der Waals surface area (Å²) in [6.07, 6.45) is 5.19. The van der Waals surface area contributed by atoms with Crippen molar-refractivity contribution in [2.45, 2.75) is 32.7 Å². The van der Waals surface area contributed by atoms with Gasteiger partial charge >= 0.3 is 5.97 Å². The molecule has 6 heteroatoms. The fourth-order valence-corrected chi connectivity index (χ4v) is 1.96. The minimum absolute atomic E-state index is 0.174. The number of carbonyl (C=O) groups excluding carboxylic acids is 2. The molecule has 1 N–H and O–H groups in total. The first-order valence-electron chi connectivity index (χ1n) is 7.69. The average Bonchev–Trinajstić information content (AvgIpc) is 3.09. The number of hydrogen-bond acceptors (Lipinski definition) is 4. The summed E-state index contributed by atoms with van der Waals surface area (Å²) in [5.74, 6) is -0.520. The van der Waals surface area contributed by atoms with E-state index in [9.17, 15) is 9.59 Å². The van der Waals surface area contributed by atoms with Crippen molar-refractivity contribution in [2.75, 3.05) is 11.9 Å². The summed E-state index contributed by atoms with van der Waals surface area (Å²) >= 11 is 0. The van der Waals surface area contributed by atoms with E-state index in [4.69, 9.17) is 4.74 Å². The van der Waals surface area contributed by atoms with Crippen molar-refractivity contribution in [3.63, 3.8) is 0 Å². The molecule has 0 aliphatic rings. The van der Waals surface area contributed by atoms with Gasteiger partial charge < -0.3 is 10.1 Å². The molecular weight excluding hydrogens is 294 g/mol. The molecule has 0 saturated carbocycles. The second kappa shape index (κ2) is 8.12. The Hall–Kier alpha value is -2.63. The molecule has 1 atom stereocenters. The highest BCUT2D eigenvalue weighted by Crippen LogP contribution is 2.13. The predicted octanol–water partition coefficient (Wildman–Crippen LogP) is 3.04. The van der Waals surface area contributed by atoms with Crippen molar-refractivity contribution in [1.29, 1.82) is 0 Å². The fraction of sp³-hybridized carbons (Fsp3) is 0.353. The van der Waals surface area contributed by atoms with E-state index in [0.29, 0.717) is 17.9 Å². The van der Waals surface area contributed by atoms with Gasteiger partial charge in [0.25, 0.3) is 0 Å². The van der Waals surface area contributed by atoms with E-state index in [0.717, 1.165) is 12.8 Å². The van der Waals surface area contributed by atoms with Crippen LogP contribution in [0.25, 0.3) is 0 Å². The minimum Gasteiger partial charge on any atom is -0.462 e. The number of anilines is 1. The predicted molar refractivity (Wildman–Crippen MR) is 87.2 cm³/mol. The first kappa shape index (κ1) is 16.7. The van der Waals surface area contributed by atoms with Gasteiger partial charge in [-0.05, 0) is 43.7 Å². The third-order valence-corrected chi connectivity index (χ3v) is 3.42. The van der Waals surface area contributed by atoms with Crippen molar-refractivity contribution in [2.24, 2.45) is 0 Å². The van der Waals surface area contributed by atoms with Crippen LogP contribution in [0.5, 0.6) is 0 Å². The van der Waals surface area contributed by atoms with Gasteiger partial charge in [0.1, 0.15) is 6.04 Å². The van der Waals surface area contributed by atoms with Crippen molar-refractivity contribution in [1.82, 2.24) is 9.78 Å². The summed E-state index contributed by atoms with van der Waals surface area (Å²) in [5, 5.41) is 6.84. The molecule has 0 aliphatic carbocycles. The van der Waals surface area contributed by atoms with Gasteiger partial charge in [0, 0.05) is 18.1 Å². The van der Waals surface area contributed by atoms with Crippen LogP contribution in [-0.2, 0) is 9.53 Å². The maximum atomic E-state index is 12.1. The van der Waals surface area contributed by atoms with Gasteiger partial charge in [-0.2, -0.15) is 5.10 Å². The van der Waals surface area contributed by atoms with Crippen molar-refractivity contribution in [3.8, 4) is 0 Å². The Labute approximate surface area is 135 Å². The summed E-state index contributed by atoms with van der Waals surface area (Å²) in [4.78, 5) is 23.9.